The van der Waals surface area contributed by atoms with Crippen LogP contribution in [0.5, 0.6) is 0 Å². The van der Waals surface area contributed by atoms with E-state index in [1.165, 1.54) is 5.56 Å². The normalized spacial score (nSPS) is 11.2. The molecule has 0 spiro atoms. The Balaban J connectivity index is 2.06. The molecule has 0 amide bonds. The Morgan fingerprint density at radius 1 is 1.24 bits per heavy atom. The fraction of sp³-hybridized carbons (Fsp3) is 0.471. The van der Waals surface area contributed by atoms with Crippen molar-refractivity contribution in [2.75, 3.05) is 20.3 Å². The van der Waals surface area contributed by atoms with Gasteiger partial charge in [0.2, 0.25) is 0 Å². The highest BCUT2D eigenvalue weighted by Gasteiger charge is 2.06. The first kappa shape index (κ1) is 15.7. The summed E-state index contributed by atoms with van der Waals surface area (Å²) < 4.78 is 7.13. The molecule has 1 aromatic heterocycles. The minimum Gasteiger partial charge on any atom is -0.384 e. The van der Waals surface area contributed by atoms with Gasteiger partial charge in [0.25, 0.3) is 0 Å². The average Bonchev–Trinajstić information content (AvgIpc) is 2.93. The maximum atomic E-state index is 5.18. The zero-order valence-electron chi connectivity index (χ0n) is 13.2. The first-order valence-electron chi connectivity index (χ1n) is 7.53. The molecule has 0 bridgehead atoms. The van der Waals surface area contributed by atoms with Gasteiger partial charge in [-0.1, -0.05) is 32.0 Å². The highest BCUT2D eigenvalue weighted by Crippen LogP contribution is 2.15. The zero-order chi connectivity index (χ0) is 15.1. The Labute approximate surface area is 127 Å². The monoisotopic (exact) mass is 287 g/mol. The number of methoxy groups -OCH3 is 1. The number of nitrogens with zero attached hydrogens (tertiary/aromatic N) is 2. The van der Waals surface area contributed by atoms with Crippen molar-refractivity contribution in [2.24, 2.45) is 5.92 Å². The van der Waals surface area contributed by atoms with Gasteiger partial charge in [0.05, 0.1) is 18.0 Å². The van der Waals surface area contributed by atoms with Crippen LogP contribution in [0.3, 0.4) is 0 Å². The van der Waals surface area contributed by atoms with Gasteiger partial charge in [-0.25, -0.2) is 4.68 Å². The summed E-state index contributed by atoms with van der Waals surface area (Å²) in [4.78, 5) is 0. The van der Waals surface area contributed by atoms with E-state index in [0.717, 1.165) is 37.5 Å². The van der Waals surface area contributed by atoms with Crippen LogP contribution in [-0.2, 0) is 17.7 Å². The largest absolute Gasteiger partial charge is 0.384 e. The van der Waals surface area contributed by atoms with E-state index in [0.29, 0.717) is 5.92 Å². The lowest BCUT2D eigenvalue weighted by molar-refractivity contribution is 0.202. The summed E-state index contributed by atoms with van der Waals surface area (Å²) in [6.45, 7) is 6.96. The zero-order valence-corrected chi connectivity index (χ0v) is 13.2. The van der Waals surface area contributed by atoms with Crippen molar-refractivity contribution in [1.82, 2.24) is 15.1 Å². The third-order valence-electron chi connectivity index (χ3n) is 3.32. The molecule has 1 heterocycles. The summed E-state index contributed by atoms with van der Waals surface area (Å²) in [5.41, 5.74) is 3.45. The second-order valence-electron chi connectivity index (χ2n) is 5.65. The number of rotatable bonds is 8. The number of nitrogens with one attached hydrogen (secondary N) is 1. The van der Waals surface area contributed by atoms with Crippen LogP contribution in [0.2, 0.25) is 0 Å². The van der Waals surface area contributed by atoms with Crippen molar-refractivity contribution in [3.8, 4) is 5.69 Å². The van der Waals surface area contributed by atoms with Gasteiger partial charge in [0.1, 0.15) is 0 Å². The molecule has 4 heteroatoms. The maximum absolute atomic E-state index is 5.18. The standard InChI is InChI=1S/C17H25N3O/c1-14(2)12-18-13-16-8-10-20(19-16)17-7-5-4-6-15(17)9-11-21-3/h4-8,10,14,18H,9,11-13H2,1-3H3. The van der Waals surface area contributed by atoms with Crippen LogP contribution in [0.4, 0.5) is 0 Å². The molecule has 1 N–H and O–H groups in total. The molecule has 0 unspecified atom stereocenters. The summed E-state index contributed by atoms with van der Waals surface area (Å²) >= 11 is 0. The minimum atomic E-state index is 0.654. The van der Waals surface area contributed by atoms with Crippen LogP contribution in [0.25, 0.3) is 5.69 Å². The number of hydrogen-bond donors (Lipinski definition) is 1. The summed E-state index contributed by atoms with van der Waals surface area (Å²) in [6.07, 6.45) is 2.92. The van der Waals surface area contributed by atoms with Crippen molar-refractivity contribution in [3.05, 3.63) is 47.8 Å². The molecule has 2 rings (SSSR count). The molecule has 4 nitrogen and oxygen atoms in total. The molecular formula is C17H25N3O. The molecule has 0 aliphatic carbocycles. The lowest BCUT2D eigenvalue weighted by atomic mass is 10.1. The van der Waals surface area contributed by atoms with E-state index in [1.807, 2.05) is 16.9 Å². The first-order valence-corrected chi connectivity index (χ1v) is 7.53. The molecule has 0 saturated heterocycles. The third kappa shape index (κ3) is 4.69. The second-order valence-corrected chi connectivity index (χ2v) is 5.65. The molecule has 0 aliphatic heterocycles. The molecule has 0 atom stereocenters. The predicted octanol–water partition coefficient (Wildman–Crippen LogP) is 2.81. The van der Waals surface area contributed by atoms with Crippen LogP contribution in [-0.4, -0.2) is 30.0 Å². The lowest BCUT2D eigenvalue weighted by Gasteiger charge is -2.09. The number of benzene rings is 1. The van der Waals surface area contributed by atoms with E-state index in [1.54, 1.807) is 7.11 Å². The Kier molecular flexibility index (Phi) is 5.96. The lowest BCUT2D eigenvalue weighted by Crippen LogP contribution is -2.19. The van der Waals surface area contributed by atoms with E-state index < -0.39 is 0 Å². The predicted molar refractivity (Wildman–Crippen MR) is 85.7 cm³/mol. The topological polar surface area (TPSA) is 39.1 Å². The maximum Gasteiger partial charge on any atom is 0.0766 e. The van der Waals surface area contributed by atoms with Gasteiger partial charge in [-0.3, -0.25) is 0 Å². The fourth-order valence-corrected chi connectivity index (χ4v) is 2.24. The van der Waals surface area contributed by atoms with E-state index in [4.69, 9.17) is 4.74 Å². The molecule has 2 aromatic rings. The summed E-state index contributed by atoms with van der Waals surface area (Å²) in [5, 5.41) is 8.08. The molecule has 0 aliphatic rings. The molecule has 0 saturated carbocycles. The van der Waals surface area contributed by atoms with E-state index in [-0.39, 0.29) is 0 Å². The summed E-state index contributed by atoms with van der Waals surface area (Å²) in [7, 11) is 1.73. The Morgan fingerprint density at radius 3 is 2.81 bits per heavy atom. The van der Waals surface area contributed by atoms with Crippen molar-refractivity contribution < 1.29 is 4.74 Å². The van der Waals surface area contributed by atoms with Crippen LogP contribution < -0.4 is 5.32 Å². The number of aromatic nitrogens is 2. The van der Waals surface area contributed by atoms with Crippen LogP contribution >= 0.6 is 0 Å². The molecule has 21 heavy (non-hydrogen) atoms. The minimum absolute atomic E-state index is 0.654. The van der Waals surface area contributed by atoms with Crippen molar-refractivity contribution in [1.29, 1.82) is 0 Å². The smallest absolute Gasteiger partial charge is 0.0766 e. The Hall–Kier alpha value is -1.65. The highest BCUT2D eigenvalue weighted by molar-refractivity contribution is 5.40. The molecule has 0 radical (unpaired) electrons. The van der Waals surface area contributed by atoms with Crippen LogP contribution in [0, 0.1) is 5.92 Å². The van der Waals surface area contributed by atoms with Gasteiger partial charge >= 0.3 is 0 Å². The first-order chi connectivity index (χ1) is 10.2. The van der Waals surface area contributed by atoms with Gasteiger partial charge < -0.3 is 10.1 Å². The van der Waals surface area contributed by atoms with E-state index in [2.05, 4.69) is 48.5 Å². The summed E-state index contributed by atoms with van der Waals surface area (Å²) in [5.74, 6) is 0.654. The quantitative estimate of drug-likeness (QED) is 0.811. The number of para-hydroxylation sites is 1. The van der Waals surface area contributed by atoms with Gasteiger partial charge in [-0.15, -0.1) is 0 Å². The van der Waals surface area contributed by atoms with Gasteiger partial charge in [-0.2, -0.15) is 5.10 Å². The highest BCUT2D eigenvalue weighted by atomic mass is 16.5. The molecule has 1 aromatic carbocycles. The molecule has 0 fully saturated rings. The average molecular weight is 287 g/mol. The summed E-state index contributed by atoms with van der Waals surface area (Å²) in [6, 6.07) is 10.4. The number of ether oxygens (including phenoxy) is 1. The van der Waals surface area contributed by atoms with Crippen molar-refractivity contribution >= 4 is 0 Å². The molecule has 114 valence electrons. The van der Waals surface area contributed by atoms with Crippen molar-refractivity contribution in [3.63, 3.8) is 0 Å². The van der Waals surface area contributed by atoms with Crippen molar-refractivity contribution in [2.45, 2.75) is 26.8 Å². The van der Waals surface area contributed by atoms with E-state index >= 15 is 0 Å². The van der Waals surface area contributed by atoms with E-state index in [9.17, 15) is 0 Å². The Morgan fingerprint density at radius 2 is 2.05 bits per heavy atom. The SMILES string of the molecule is COCCc1ccccc1-n1ccc(CNCC(C)C)n1. The fourth-order valence-electron chi connectivity index (χ4n) is 2.24. The van der Waals surface area contributed by atoms with Gasteiger partial charge in [0, 0.05) is 19.9 Å². The van der Waals surface area contributed by atoms with Crippen LogP contribution in [0.1, 0.15) is 25.1 Å². The van der Waals surface area contributed by atoms with Gasteiger partial charge in [-0.05, 0) is 36.6 Å². The van der Waals surface area contributed by atoms with Crippen LogP contribution in [0.15, 0.2) is 36.5 Å². The third-order valence-corrected chi connectivity index (χ3v) is 3.32. The van der Waals surface area contributed by atoms with Gasteiger partial charge in [0.15, 0.2) is 0 Å². The Bertz CT molecular complexity index is 548. The number of hydrogen-bond acceptors (Lipinski definition) is 3. The molecular weight excluding hydrogens is 262 g/mol. The second kappa shape index (κ2) is 7.96.